The average molecular weight is 262 g/mol. The molecule has 0 amide bonds. The van der Waals surface area contributed by atoms with E-state index in [2.05, 4.69) is 54.7 Å². The van der Waals surface area contributed by atoms with E-state index in [1.807, 2.05) is 36.4 Å². The van der Waals surface area contributed by atoms with E-state index in [-0.39, 0.29) is 5.41 Å². The molecule has 2 nitrogen and oxygen atoms in total. The lowest BCUT2D eigenvalue weighted by Crippen LogP contribution is -2.30. The fraction of sp³-hybridized carbons (Fsp3) is 0.167. The van der Waals surface area contributed by atoms with Crippen LogP contribution in [0.4, 0.5) is 0 Å². The molecule has 0 aliphatic carbocycles. The third-order valence-corrected chi connectivity index (χ3v) is 3.54. The first kappa shape index (κ1) is 12.7. The minimum atomic E-state index is -0.0994. The Bertz CT molecular complexity index is 652. The van der Waals surface area contributed by atoms with Crippen LogP contribution >= 0.6 is 0 Å². The maximum atomic E-state index is 4.61. The zero-order valence-electron chi connectivity index (χ0n) is 11.8. The fourth-order valence-electron chi connectivity index (χ4n) is 2.52. The normalized spacial score (nSPS) is 16.9. The van der Waals surface area contributed by atoms with Crippen molar-refractivity contribution >= 4 is 11.4 Å². The molecule has 0 fully saturated rings. The second-order valence-corrected chi connectivity index (χ2v) is 5.58. The summed E-state index contributed by atoms with van der Waals surface area (Å²) in [5, 5.41) is 4.61. The minimum Gasteiger partial charge on any atom is -0.278 e. The van der Waals surface area contributed by atoms with Gasteiger partial charge in [0.1, 0.15) is 0 Å². The van der Waals surface area contributed by atoms with Gasteiger partial charge in [-0.05, 0) is 17.2 Å². The Morgan fingerprint density at radius 3 is 1.90 bits per heavy atom. The van der Waals surface area contributed by atoms with Crippen LogP contribution in [0.15, 0.2) is 71.8 Å². The molecule has 2 heteroatoms. The lowest BCUT2D eigenvalue weighted by Gasteiger charge is -2.29. The summed E-state index contributed by atoms with van der Waals surface area (Å²) in [6, 6.07) is 20.6. The number of rotatable bonds is 2. The number of allylic oxidation sites excluding steroid dienone is 1. The van der Waals surface area contributed by atoms with E-state index in [1.54, 1.807) is 0 Å². The number of benzene rings is 2. The summed E-state index contributed by atoms with van der Waals surface area (Å²) in [6.07, 6.45) is 2.25. The first-order valence-corrected chi connectivity index (χ1v) is 6.85. The molecule has 100 valence electrons. The Morgan fingerprint density at radius 2 is 1.35 bits per heavy atom. The van der Waals surface area contributed by atoms with Crippen molar-refractivity contribution in [1.82, 2.24) is 5.43 Å². The van der Waals surface area contributed by atoms with Crippen LogP contribution in [0.1, 0.15) is 25.0 Å². The first-order valence-electron chi connectivity index (χ1n) is 6.85. The van der Waals surface area contributed by atoms with Gasteiger partial charge in [0.15, 0.2) is 0 Å². The first-order chi connectivity index (χ1) is 9.67. The van der Waals surface area contributed by atoms with E-state index in [4.69, 9.17) is 0 Å². The van der Waals surface area contributed by atoms with Crippen LogP contribution in [-0.2, 0) is 0 Å². The molecule has 1 aliphatic heterocycles. The summed E-state index contributed by atoms with van der Waals surface area (Å²) < 4.78 is 0. The maximum absolute atomic E-state index is 4.61. The number of nitrogens with one attached hydrogen (secondary N) is 1. The van der Waals surface area contributed by atoms with Crippen LogP contribution in [-0.4, -0.2) is 5.71 Å². The fourth-order valence-corrected chi connectivity index (χ4v) is 2.52. The molecule has 0 saturated heterocycles. The predicted molar refractivity (Wildman–Crippen MR) is 84.3 cm³/mol. The molecule has 0 spiro atoms. The molecule has 3 rings (SSSR count). The molecule has 1 aliphatic rings. The van der Waals surface area contributed by atoms with Gasteiger partial charge in [0.25, 0.3) is 0 Å². The quantitative estimate of drug-likeness (QED) is 0.867. The van der Waals surface area contributed by atoms with E-state index >= 15 is 0 Å². The topological polar surface area (TPSA) is 24.4 Å². The van der Waals surface area contributed by atoms with Crippen LogP contribution in [0.2, 0.25) is 0 Å². The van der Waals surface area contributed by atoms with Gasteiger partial charge in [-0.2, -0.15) is 5.10 Å². The largest absolute Gasteiger partial charge is 0.278 e. The van der Waals surface area contributed by atoms with Crippen molar-refractivity contribution in [3.05, 3.63) is 77.9 Å². The summed E-state index contributed by atoms with van der Waals surface area (Å²) in [4.78, 5) is 0. The van der Waals surface area contributed by atoms with Gasteiger partial charge in [-0.3, -0.25) is 5.43 Å². The highest BCUT2D eigenvalue weighted by molar-refractivity contribution is 6.07. The Labute approximate surface area is 119 Å². The molecule has 0 saturated carbocycles. The van der Waals surface area contributed by atoms with Crippen molar-refractivity contribution in [2.45, 2.75) is 13.8 Å². The molecule has 0 atom stereocenters. The number of hydrogen-bond donors (Lipinski definition) is 1. The molecular weight excluding hydrogens is 244 g/mol. The average Bonchev–Trinajstić information content (AvgIpc) is 2.48. The van der Waals surface area contributed by atoms with Crippen LogP contribution in [0.25, 0.3) is 5.70 Å². The molecule has 0 bridgehead atoms. The highest BCUT2D eigenvalue weighted by Crippen LogP contribution is 2.31. The van der Waals surface area contributed by atoms with Crippen molar-refractivity contribution in [2.24, 2.45) is 10.5 Å². The summed E-state index contributed by atoms with van der Waals surface area (Å²) >= 11 is 0. The molecule has 0 radical (unpaired) electrons. The van der Waals surface area contributed by atoms with Gasteiger partial charge in [0, 0.05) is 5.41 Å². The van der Waals surface area contributed by atoms with Crippen molar-refractivity contribution in [3.8, 4) is 0 Å². The molecule has 0 unspecified atom stereocenters. The van der Waals surface area contributed by atoms with Crippen molar-refractivity contribution in [3.63, 3.8) is 0 Å². The second kappa shape index (κ2) is 4.97. The Kier molecular flexibility index (Phi) is 3.15. The number of hydrazone groups is 1. The zero-order chi connectivity index (χ0) is 14.0. The molecule has 1 N–H and O–H groups in total. The van der Waals surface area contributed by atoms with Gasteiger partial charge in [-0.1, -0.05) is 74.5 Å². The lowest BCUT2D eigenvalue weighted by molar-refractivity contribution is 0.650. The maximum Gasteiger partial charge on any atom is 0.0774 e. The zero-order valence-corrected chi connectivity index (χ0v) is 11.8. The van der Waals surface area contributed by atoms with E-state index in [9.17, 15) is 0 Å². The van der Waals surface area contributed by atoms with Crippen LogP contribution in [0.5, 0.6) is 0 Å². The molecule has 2 aromatic carbocycles. The molecule has 20 heavy (non-hydrogen) atoms. The van der Waals surface area contributed by atoms with Gasteiger partial charge in [0.2, 0.25) is 0 Å². The minimum absolute atomic E-state index is 0.0994. The SMILES string of the molecule is CC1(C)C=C(c2ccccc2)NN=C1c1ccccc1. The van der Waals surface area contributed by atoms with Gasteiger partial charge < -0.3 is 0 Å². The number of hydrogen-bond acceptors (Lipinski definition) is 2. The van der Waals surface area contributed by atoms with Crippen molar-refractivity contribution in [2.75, 3.05) is 0 Å². The standard InChI is InChI=1S/C18H18N2/c1-18(2)13-16(14-9-5-3-6-10-14)19-20-17(18)15-11-7-4-8-12-15/h3-13,19H,1-2H3. The summed E-state index contributed by atoms with van der Waals surface area (Å²) in [7, 11) is 0. The van der Waals surface area contributed by atoms with Crippen molar-refractivity contribution < 1.29 is 0 Å². The predicted octanol–water partition coefficient (Wildman–Crippen LogP) is 4.06. The van der Waals surface area contributed by atoms with E-state index in [0.29, 0.717) is 0 Å². The third-order valence-electron chi connectivity index (χ3n) is 3.54. The van der Waals surface area contributed by atoms with Gasteiger partial charge >= 0.3 is 0 Å². The highest BCUT2D eigenvalue weighted by atomic mass is 15.3. The molecular formula is C18H18N2. The monoisotopic (exact) mass is 262 g/mol. The summed E-state index contributed by atoms with van der Waals surface area (Å²) in [6.45, 7) is 4.39. The summed E-state index contributed by atoms with van der Waals surface area (Å²) in [5.41, 5.74) is 7.55. The van der Waals surface area contributed by atoms with Crippen LogP contribution in [0, 0.1) is 5.41 Å². The molecule has 1 heterocycles. The van der Waals surface area contributed by atoms with Crippen LogP contribution in [0.3, 0.4) is 0 Å². The Hall–Kier alpha value is -2.35. The van der Waals surface area contributed by atoms with Gasteiger partial charge in [-0.15, -0.1) is 0 Å². The Balaban J connectivity index is 1.96. The number of nitrogens with zero attached hydrogens (tertiary/aromatic N) is 1. The Morgan fingerprint density at radius 1 is 0.800 bits per heavy atom. The molecule has 2 aromatic rings. The van der Waals surface area contributed by atoms with Crippen LogP contribution < -0.4 is 5.43 Å². The summed E-state index contributed by atoms with van der Waals surface area (Å²) in [5.74, 6) is 0. The van der Waals surface area contributed by atoms with E-state index < -0.39 is 0 Å². The van der Waals surface area contributed by atoms with Gasteiger partial charge in [0.05, 0.1) is 11.4 Å². The van der Waals surface area contributed by atoms with Crippen molar-refractivity contribution in [1.29, 1.82) is 0 Å². The highest BCUT2D eigenvalue weighted by Gasteiger charge is 2.28. The van der Waals surface area contributed by atoms with E-state index in [1.165, 1.54) is 0 Å². The third kappa shape index (κ3) is 2.37. The van der Waals surface area contributed by atoms with E-state index in [0.717, 1.165) is 22.5 Å². The smallest absolute Gasteiger partial charge is 0.0774 e. The van der Waals surface area contributed by atoms with Gasteiger partial charge in [-0.25, -0.2) is 0 Å². The molecule has 0 aromatic heterocycles. The lowest BCUT2D eigenvalue weighted by atomic mass is 9.81. The second-order valence-electron chi connectivity index (χ2n) is 5.58.